The molecule has 0 saturated carbocycles. The fourth-order valence-electron chi connectivity index (χ4n) is 5.98. The third kappa shape index (κ3) is 3.15. The first-order chi connectivity index (χ1) is 16.0. The topological polar surface area (TPSA) is 61.0 Å². The van der Waals surface area contributed by atoms with Gasteiger partial charge in [0.05, 0.1) is 17.0 Å². The largest absolute Gasteiger partial charge is 0.357 e. The quantitative estimate of drug-likeness (QED) is 0.613. The smallest absolute Gasteiger partial charge is 0.253 e. The third-order valence-electron chi connectivity index (χ3n) is 7.98. The molecular formula is C27H29FN4O. The van der Waals surface area contributed by atoms with Crippen LogP contribution in [-0.2, 0) is 18.3 Å². The van der Waals surface area contributed by atoms with Crippen LogP contribution in [0.15, 0.2) is 36.5 Å². The predicted molar refractivity (Wildman–Crippen MR) is 127 cm³/mol. The van der Waals surface area contributed by atoms with Crippen LogP contribution in [0.2, 0.25) is 0 Å². The Hall–Kier alpha value is -2.99. The van der Waals surface area contributed by atoms with E-state index in [0.717, 1.165) is 72.4 Å². The van der Waals surface area contributed by atoms with E-state index >= 15 is 0 Å². The van der Waals surface area contributed by atoms with Gasteiger partial charge in [0.2, 0.25) is 0 Å². The van der Waals surface area contributed by atoms with E-state index in [-0.39, 0.29) is 17.1 Å². The van der Waals surface area contributed by atoms with Crippen LogP contribution in [0.3, 0.4) is 0 Å². The number of H-pyrrole nitrogens is 1. The summed E-state index contributed by atoms with van der Waals surface area (Å²) in [6.07, 6.45) is 5.58. The number of aromatic amines is 1. The highest BCUT2D eigenvalue weighted by Gasteiger charge is 2.45. The number of pyridine rings is 1. The van der Waals surface area contributed by atoms with Crippen LogP contribution in [0.1, 0.15) is 53.9 Å². The molecule has 3 aromatic rings. The van der Waals surface area contributed by atoms with Gasteiger partial charge in [-0.05, 0) is 81.9 Å². The summed E-state index contributed by atoms with van der Waals surface area (Å²) in [7, 11) is 0. The average molecular weight is 445 g/mol. The molecule has 1 aromatic carbocycles. The van der Waals surface area contributed by atoms with Gasteiger partial charge in [0, 0.05) is 41.0 Å². The van der Waals surface area contributed by atoms with Crippen LogP contribution >= 0.6 is 0 Å². The zero-order chi connectivity index (χ0) is 22.7. The summed E-state index contributed by atoms with van der Waals surface area (Å²) in [6.45, 7) is 7.26. The van der Waals surface area contributed by atoms with E-state index in [0.29, 0.717) is 23.8 Å². The number of amides is 1. The van der Waals surface area contributed by atoms with Crippen LogP contribution in [-0.4, -0.2) is 46.5 Å². The normalized spacial score (nSPS) is 19.2. The average Bonchev–Trinajstić information content (AvgIpc) is 3.24. The second kappa shape index (κ2) is 7.52. The standard InChI is InChI=1S/C27H29FN4O/c1-16(2)32-11-9-27(10-12-32)15-30-26(33)23-19-8-7-17-14-29-22(18-5-3-4-6-21(18)28)13-20(17)24(19)31-25(23)27/h3-6,13-14,16,31H,7-12,15H2,1-2H3,(H,30,33). The number of nitrogens with zero attached hydrogens (tertiary/aromatic N) is 2. The summed E-state index contributed by atoms with van der Waals surface area (Å²) in [4.78, 5) is 23.9. The van der Waals surface area contributed by atoms with Gasteiger partial charge in [0.1, 0.15) is 5.82 Å². The van der Waals surface area contributed by atoms with Gasteiger partial charge in [0.15, 0.2) is 0 Å². The molecule has 2 N–H and O–H groups in total. The van der Waals surface area contributed by atoms with Gasteiger partial charge in [-0.25, -0.2) is 4.39 Å². The third-order valence-corrected chi connectivity index (χ3v) is 7.98. The number of hydrogen-bond acceptors (Lipinski definition) is 3. The van der Waals surface area contributed by atoms with Crippen molar-refractivity contribution in [3.63, 3.8) is 0 Å². The SMILES string of the molecule is CC(C)N1CCC2(CC1)CNC(=O)c1c2[nH]c2c1CCc1cnc(-c3ccccc3F)cc1-2. The number of piperidine rings is 1. The lowest BCUT2D eigenvalue weighted by Gasteiger charge is -2.45. The van der Waals surface area contributed by atoms with Gasteiger partial charge in [-0.2, -0.15) is 0 Å². The highest BCUT2D eigenvalue weighted by molar-refractivity contribution is 6.01. The molecule has 6 heteroatoms. The van der Waals surface area contributed by atoms with Crippen molar-refractivity contribution >= 4 is 5.91 Å². The number of rotatable bonds is 2. The molecule has 1 fully saturated rings. The molecule has 2 aromatic heterocycles. The van der Waals surface area contributed by atoms with Crippen LogP contribution in [0.5, 0.6) is 0 Å². The van der Waals surface area contributed by atoms with E-state index in [9.17, 15) is 9.18 Å². The Balaban J connectivity index is 1.46. The van der Waals surface area contributed by atoms with E-state index in [1.807, 2.05) is 18.3 Å². The van der Waals surface area contributed by atoms with Crippen molar-refractivity contribution in [3.05, 3.63) is 64.7 Å². The van der Waals surface area contributed by atoms with Gasteiger partial charge in [-0.15, -0.1) is 0 Å². The van der Waals surface area contributed by atoms with Crippen molar-refractivity contribution in [3.8, 4) is 22.5 Å². The molecular weight excluding hydrogens is 415 g/mol. The molecule has 0 atom stereocenters. The molecule has 1 spiro atoms. The monoisotopic (exact) mass is 444 g/mol. The van der Waals surface area contributed by atoms with Crippen LogP contribution in [0, 0.1) is 5.82 Å². The zero-order valence-electron chi connectivity index (χ0n) is 19.2. The summed E-state index contributed by atoms with van der Waals surface area (Å²) in [5.74, 6) is -0.242. The minimum absolute atomic E-state index is 0.0336. The predicted octanol–water partition coefficient (Wildman–Crippen LogP) is 4.47. The number of fused-ring (bicyclic) bond motifs is 6. The fraction of sp³-hybridized carbons (Fsp3) is 0.407. The lowest BCUT2D eigenvalue weighted by molar-refractivity contribution is 0.0856. The Morgan fingerprint density at radius 3 is 2.67 bits per heavy atom. The Labute approximate surface area is 193 Å². The van der Waals surface area contributed by atoms with E-state index in [2.05, 4.69) is 34.0 Å². The number of carbonyl (C=O) groups is 1. The first kappa shape index (κ1) is 20.6. The molecule has 1 aliphatic carbocycles. The first-order valence-corrected chi connectivity index (χ1v) is 12.0. The number of halogens is 1. The molecule has 0 unspecified atom stereocenters. The molecule has 3 aliphatic rings. The molecule has 6 rings (SSSR count). The Morgan fingerprint density at radius 2 is 1.91 bits per heavy atom. The number of likely N-dealkylation sites (tertiary alicyclic amines) is 1. The van der Waals surface area contributed by atoms with Crippen LogP contribution in [0.4, 0.5) is 4.39 Å². The fourth-order valence-corrected chi connectivity index (χ4v) is 5.98. The first-order valence-electron chi connectivity index (χ1n) is 12.0. The molecule has 0 radical (unpaired) electrons. The van der Waals surface area contributed by atoms with E-state index in [4.69, 9.17) is 0 Å². The number of nitrogens with one attached hydrogen (secondary N) is 2. The van der Waals surface area contributed by atoms with Crippen LogP contribution in [0.25, 0.3) is 22.5 Å². The van der Waals surface area contributed by atoms with Gasteiger partial charge < -0.3 is 15.2 Å². The Kier molecular flexibility index (Phi) is 4.70. The van der Waals surface area contributed by atoms with Crippen molar-refractivity contribution in [2.24, 2.45) is 0 Å². The number of aryl methyl sites for hydroxylation is 1. The van der Waals surface area contributed by atoms with Crippen molar-refractivity contribution in [1.82, 2.24) is 20.2 Å². The van der Waals surface area contributed by atoms with Crippen molar-refractivity contribution in [1.29, 1.82) is 0 Å². The van der Waals surface area contributed by atoms with E-state index in [1.165, 1.54) is 6.07 Å². The molecule has 33 heavy (non-hydrogen) atoms. The molecule has 2 aliphatic heterocycles. The summed E-state index contributed by atoms with van der Waals surface area (Å²) < 4.78 is 14.5. The van der Waals surface area contributed by atoms with Crippen LogP contribution < -0.4 is 5.32 Å². The van der Waals surface area contributed by atoms with E-state index in [1.54, 1.807) is 12.1 Å². The Morgan fingerprint density at radius 1 is 1.12 bits per heavy atom. The van der Waals surface area contributed by atoms with Gasteiger partial charge >= 0.3 is 0 Å². The number of benzene rings is 1. The van der Waals surface area contributed by atoms with Crippen molar-refractivity contribution in [2.75, 3.05) is 19.6 Å². The maximum absolute atomic E-state index is 14.5. The van der Waals surface area contributed by atoms with Gasteiger partial charge in [-0.3, -0.25) is 9.78 Å². The summed E-state index contributed by atoms with van der Waals surface area (Å²) >= 11 is 0. The molecule has 5 nitrogen and oxygen atoms in total. The summed E-state index contributed by atoms with van der Waals surface area (Å²) in [6, 6.07) is 9.27. The van der Waals surface area contributed by atoms with Gasteiger partial charge in [0.25, 0.3) is 5.91 Å². The summed E-state index contributed by atoms with van der Waals surface area (Å²) in [5, 5.41) is 3.21. The van der Waals surface area contributed by atoms with Crippen molar-refractivity contribution in [2.45, 2.75) is 51.0 Å². The number of aromatic nitrogens is 2. The molecule has 1 amide bonds. The minimum atomic E-state index is -0.276. The number of carbonyl (C=O) groups excluding carboxylic acids is 1. The maximum Gasteiger partial charge on any atom is 0.253 e. The minimum Gasteiger partial charge on any atom is -0.357 e. The molecule has 1 saturated heterocycles. The lowest BCUT2D eigenvalue weighted by atomic mass is 9.71. The molecule has 170 valence electrons. The maximum atomic E-state index is 14.5. The second-order valence-corrected chi connectivity index (χ2v) is 10.0. The molecule has 4 heterocycles. The second-order valence-electron chi connectivity index (χ2n) is 10.0. The summed E-state index contributed by atoms with van der Waals surface area (Å²) in [5.41, 5.74) is 7.34. The highest BCUT2D eigenvalue weighted by atomic mass is 19.1. The molecule has 0 bridgehead atoms. The number of hydrogen-bond donors (Lipinski definition) is 2. The Bertz CT molecular complexity index is 1250. The highest BCUT2D eigenvalue weighted by Crippen LogP contribution is 2.45. The zero-order valence-corrected chi connectivity index (χ0v) is 19.2. The van der Waals surface area contributed by atoms with Crippen molar-refractivity contribution < 1.29 is 9.18 Å². The van der Waals surface area contributed by atoms with E-state index < -0.39 is 0 Å². The van der Waals surface area contributed by atoms with Gasteiger partial charge in [-0.1, -0.05) is 12.1 Å². The lowest BCUT2D eigenvalue weighted by Crippen LogP contribution is -2.53.